The first-order valence-corrected chi connectivity index (χ1v) is 11.4. The van der Waals surface area contributed by atoms with Crippen molar-refractivity contribution < 1.29 is 19.4 Å². The van der Waals surface area contributed by atoms with Crippen LogP contribution in [0.4, 0.5) is 11.4 Å². The Morgan fingerprint density at radius 3 is 2.38 bits per heavy atom. The molecule has 2 aromatic rings. The third kappa shape index (κ3) is 8.04. The number of hydrogen-bond donors (Lipinski definition) is 2. The van der Waals surface area contributed by atoms with E-state index in [2.05, 4.69) is 45.3 Å². The monoisotopic (exact) mass is 510 g/mol. The standard InChI is InChI=1S/C24H34N4O4.2H2S/c1-4-17(14-23(29)30)18-7-8-20(22(5-2)28-9-11-31-12-10-28)21(13-18)27-19-15-25-24(26-16-19)32-6-3;;/h7-8,13,15-17,22,27H,4-6,9-12,14H2,1-3H3,(H,29,30);2*1H2/t17-,22-;;/m0../s1. The van der Waals surface area contributed by atoms with Crippen LogP contribution in [0.3, 0.4) is 0 Å². The lowest BCUT2D eigenvalue weighted by atomic mass is 9.90. The number of anilines is 2. The number of morpholine rings is 1. The van der Waals surface area contributed by atoms with Crippen LogP contribution in [0.25, 0.3) is 0 Å². The lowest BCUT2D eigenvalue weighted by molar-refractivity contribution is -0.137. The van der Waals surface area contributed by atoms with E-state index in [0.717, 1.165) is 56.1 Å². The van der Waals surface area contributed by atoms with Crippen molar-refractivity contribution in [2.75, 3.05) is 38.2 Å². The summed E-state index contributed by atoms with van der Waals surface area (Å²) in [6, 6.07) is 6.89. The molecule has 1 aromatic carbocycles. The predicted molar refractivity (Wildman–Crippen MR) is 144 cm³/mol. The first-order valence-electron chi connectivity index (χ1n) is 11.4. The summed E-state index contributed by atoms with van der Waals surface area (Å²) in [5.41, 5.74) is 3.91. The lowest BCUT2D eigenvalue weighted by Gasteiger charge is -2.35. The Bertz CT molecular complexity index is 880. The van der Waals surface area contributed by atoms with Crippen LogP contribution in [0.2, 0.25) is 0 Å². The third-order valence-corrected chi connectivity index (χ3v) is 5.88. The topological polar surface area (TPSA) is 96.8 Å². The molecule has 8 nitrogen and oxygen atoms in total. The van der Waals surface area contributed by atoms with E-state index in [-0.39, 0.29) is 45.4 Å². The molecule has 1 fully saturated rings. The molecule has 1 aromatic heterocycles. The van der Waals surface area contributed by atoms with Crippen molar-refractivity contribution in [3.8, 4) is 6.01 Å². The molecule has 2 N–H and O–H groups in total. The smallest absolute Gasteiger partial charge is 0.316 e. The Hall–Kier alpha value is -2.01. The normalized spacial score (nSPS) is 15.4. The van der Waals surface area contributed by atoms with Gasteiger partial charge >= 0.3 is 12.0 Å². The molecule has 1 aliphatic rings. The summed E-state index contributed by atoms with van der Waals surface area (Å²) >= 11 is 0. The molecule has 0 spiro atoms. The Kier molecular flexibility index (Phi) is 13.3. The van der Waals surface area contributed by atoms with Crippen molar-refractivity contribution in [2.45, 2.75) is 52.0 Å². The highest BCUT2D eigenvalue weighted by Gasteiger charge is 2.25. The highest BCUT2D eigenvalue weighted by molar-refractivity contribution is 7.59. The zero-order valence-corrected chi connectivity index (χ0v) is 22.2. The zero-order chi connectivity index (χ0) is 22.9. The third-order valence-electron chi connectivity index (χ3n) is 5.88. The van der Waals surface area contributed by atoms with E-state index >= 15 is 0 Å². The largest absolute Gasteiger partial charge is 0.481 e. The number of aromatic nitrogens is 2. The van der Waals surface area contributed by atoms with Gasteiger partial charge in [-0.15, -0.1) is 0 Å². The first kappa shape index (κ1) is 30.0. The maximum atomic E-state index is 11.4. The molecule has 0 saturated carbocycles. The number of carboxylic acids is 1. The Balaban J connectivity index is 0.00000289. The number of aliphatic carboxylic acids is 1. The van der Waals surface area contributed by atoms with E-state index in [4.69, 9.17) is 9.47 Å². The average Bonchev–Trinajstić information content (AvgIpc) is 2.81. The summed E-state index contributed by atoms with van der Waals surface area (Å²) in [6.45, 7) is 9.88. The van der Waals surface area contributed by atoms with Crippen LogP contribution in [0.5, 0.6) is 6.01 Å². The number of benzene rings is 1. The van der Waals surface area contributed by atoms with Gasteiger partial charge in [-0.2, -0.15) is 27.0 Å². The molecule has 0 aliphatic carbocycles. The van der Waals surface area contributed by atoms with Crippen LogP contribution in [-0.4, -0.2) is 58.9 Å². The second-order valence-electron chi connectivity index (χ2n) is 7.93. The highest BCUT2D eigenvalue weighted by Crippen LogP contribution is 2.36. The van der Waals surface area contributed by atoms with Gasteiger partial charge in [0.05, 0.1) is 44.3 Å². The SMILES string of the molecule is CCOc1ncc(Nc2cc([C@@H](CC)CC(=O)O)ccc2[C@H](CC)N2CCOCC2)cn1.S.S. The van der Waals surface area contributed by atoms with Gasteiger partial charge in [0.15, 0.2) is 0 Å². The van der Waals surface area contributed by atoms with Gasteiger partial charge < -0.3 is 19.9 Å². The summed E-state index contributed by atoms with van der Waals surface area (Å²) in [7, 11) is 0. The van der Waals surface area contributed by atoms with Gasteiger partial charge in [-0.05, 0) is 42.9 Å². The van der Waals surface area contributed by atoms with Crippen LogP contribution in [0.15, 0.2) is 30.6 Å². The maximum Gasteiger partial charge on any atom is 0.316 e. The number of carbonyl (C=O) groups is 1. The van der Waals surface area contributed by atoms with Gasteiger partial charge in [0.25, 0.3) is 0 Å². The number of ether oxygens (including phenoxy) is 2. The Morgan fingerprint density at radius 1 is 1.15 bits per heavy atom. The van der Waals surface area contributed by atoms with Crippen molar-refractivity contribution in [3.63, 3.8) is 0 Å². The van der Waals surface area contributed by atoms with E-state index in [0.29, 0.717) is 12.6 Å². The average molecular weight is 511 g/mol. The fourth-order valence-corrected chi connectivity index (χ4v) is 4.24. The molecule has 3 rings (SSSR count). The Morgan fingerprint density at radius 2 is 1.82 bits per heavy atom. The number of rotatable bonds is 11. The number of hydrogen-bond acceptors (Lipinski definition) is 7. The van der Waals surface area contributed by atoms with Crippen molar-refractivity contribution in [1.29, 1.82) is 0 Å². The summed E-state index contributed by atoms with van der Waals surface area (Å²) < 4.78 is 10.9. The van der Waals surface area contributed by atoms with Crippen LogP contribution in [-0.2, 0) is 9.53 Å². The second kappa shape index (κ2) is 15.1. The van der Waals surface area contributed by atoms with Crippen molar-refractivity contribution in [3.05, 3.63) is 41.7 Å². The molecular formula is C24H38N4O4S2. The van der Waals surface area contributed by atoms with E-state index in [1.54, 1.807) is 12.4 Å². The van der Waals surface area contributed by atoms with Gasteiger partial charge in [-0.25, -0.2) is 9.97 Å². The molecule has 0 amide bonds. The fourth-order valence-electron chi connectivity index (χ4n) is 4.24. The Labute approximate surface area is 216 Å². The molecule has 10 heteroatoms. The molecule has 190 valence electrons. The molecule has 1 saturated heterocycles. The van der Waals surface area contributed by atoms with Gasteiger partial charge in [0.2, 0.25) is 0 Å². The summed E-state index contributed by atoms with van der Waals surface area (Å²) in [5.74, 6) is -0.822. The number of carboxylic acid groups (broad SMARTS) is 1. The molecule has 34 heavy (non-hydrogen) atoms. The summed E-state index contributed by atoms with van der Waals surface area (Å²) in [5, 5.41) is 12.8. The summed E-state index contributed by atoms with van der Waals surface area (Å²) in [6.07, 6.45) is 5.25. The van der Waals surface area contributed by atoms with E-state index in [1.807, 2.05) is 13.8 Å². The van der Waals surface area contributed by atoms with Crippen LogP contribution < -0.4 is 10.1 Å². The first-order chi connectivity index (χ1) is 15.5. The molecular weight excluding hydrogens is 472 g/mol. The summed E-state index contributed by atoms with van der Waals surface area (Å²) in [4.78, 5) is 22.3. The van der Waals surface area contributed by atoms with E-state index in [9.17, 15) is 9.90 Å². The van der Waals surface area contributed by atoms with Crippen molar-refractivity contribution >= 4 is 44.3 Å². The maximum absolute atomic E-state index is 11.4. The molecule has 0 radical (unpaired) electrons. The van der Waals surface area contributed by atoms with E-state index < -0.39 is 5.97 Å². The van der Waals surface area contributed by atoms with Gasteiger partial charge in [-0.1, -0.05) is 26.0 Å². The highest BCUT2D eigenvalue weighted by atomic mass is 32.1. The molecule has 1 aliphatic heterocycles. The van der Waals surface area contributed by atoms with Crippen molar-refractivity contribution in [1.82, 2.24) is 14.9 Å². The van der Waals surface area contributed by atoms with Crippen LogP contribution in [0, 0.1) is 0 Å². The minimum Gasteiger partial charge on any atom is -0.481 e. The number of nitrogens with zero attached hydrogens (tertiary/aromatic N) is 3. The fraction of sp³-hybridized carbons (Fsp3) is 0.542. The molecule has 0 unspecified atom stereocenters. The number of nitrogens with one attached hydrogen (secondary N) is 1. The van der Waals surface area contributed by atoms with Crippen LogP contribution >= 0.6 is 27.0 Å². The lowest BCUT2D eigenvalue weighted by Crippen LogP contribution is -2.39. The van der Waals surface area contributed by atoms with Crippen molar-refractivity contribution in [2.24, 2.45) is 0 Å². The van der Waals surface area contributed by atoms with Gasteiger partial charge in [-0.3, -0.25) is 9.69 Å². The quantitative estimate of drug-likeness (QED) is 0.453. The van der Waals surface area contributed by atoms with Gasteiger partial charge in [0, 0.05) is 24.8 Å². The van der Waals surface area contributed by atoms with Gasteiger partial charge in [0.1, 0.15) is 0 Å². The second-order valence-corrected chi connectivity index (χ2v) is 7.93. The molecule has 2 atom stereocenters. The molecule has 0 bridgehead atoms. The predicted octanol–water partition coefficient (Wildman–Crippen LogP) is 4.60. The zero-order valence-electron chi connectivity index (χ0n) is 20.2. The molecule has 2 heterocycles. The minimum atomic E-state index is -0.782. The van der Waals surface area contributed by atoms with E-state index in [1.165, 1.54) is 5.56 Å². The minimum absolute atomic E-state index is 0. The van der Waals surface area contributed by atoms with Crippen LogP contribution in [0.1, 0.15) is 63.1 Å².